The molecule has 0 spiro atoms. The van der Waals surface area contributed by atoms with Crippen LogP contribution in [0, 0.1) is 30.9 Å². The third kappa shape index (κ3) is 5.17. The zero-order chi connectivity index (χ0) is 21.7. The van der Waals surface area contributed by atoms with E-state index in [4.69, 9.17) is 9.47 Å². The highest BCUT2D eigenvalue weighted by atomic mass is 32.1. The Kier molecular flexibility index (Phi) is 7.05. The quantitative estimate of drug-likeness (QED) is 0.412. The molecule has 1 aromatic heterocycles. The molecule has 0 aliphatic carbocycles. The van der Waals surface area contributed by atoms with E-state index in [2.05, 4.69) is 5.32 Å². The van der Waals surface area contributed by atoms with Gasteiger partial charge in [-0.2, -0.15) is 0 Å². The summed E-state index contributed by atoms with van der Waals surface area (Å²) in [6.07, 6.45) is 0. The number of amides is 1. The van der Waals surface area contributed by atoms with Crippen LogP contribution in [0.4, 0.5) is 10.7 Å². The van der Waals surface area contributed by atoms with E-state index in [1.165, 1.54) is 23.5 Å². The van der Waals surface area contributed by atoms with Crippen molar-refractivity contribution in [2.24, 2.45) is 0 Å². The van der Waals surface area contributed by atoms with Gasteiger partial charge in [-0.3, -0.25) is 14.9 Å². The summed E-state index contributed by atoms with van der Waals surface area (Å²) in [6.45, 7) is 6.37. The van der Waals surface area contributed by atoms with Gasteiger partial charge >= 0.3 is 11.9 Å². The molecule has 0 atom stereocenters. The van der Waals surface area contributed by atoms with Gasteiger partial charge in [0.15, 0.2) is 6.61 Å². The normalized spacial score (nSPS) is 10.3. The molecular formula is C19H20N2O7S. The Morgan fingerprint density at radius 1 is 1.14 bits per heavy atom. The van der Waals surface area contributed by atoms with Crippen LogP contribution in [0.25, 0.3) is 0 Å². The van der Waals surface area contributed by atoms with Crippen molar-refractivity contribution >= 4 is 39.9 Å². The predicted molar refractivity (Wildman–Crippen MR) is 106 cm³/mol. The Balaban J connectivity index is 2.07. The van der Waals surface area contributed by atoms with E-state index in [9.17, 15) is 24.5 Å². The highest BCUT2D eigenvalue weighted by molar-refractivity contribution is 7.16. The van der Waals surface area contributed by atoms with Crippen LogP contribution >= 0.6 is 11.3 Å². The summed E-state index contributed by atoms with van der Waals surface area (Å²) in [6, 6.07) is 3.91. The van der Waals surface area contributed by atoms with E-state index in [0.29, 0.717) is 16.1 Å². The summed E-state index contributed by atoms with van der Waals surface area (Å²) in [4.78, 5) is 47.7. The van der Waals surface area contributed by atoms with Crippen molar-refractivity contribution in [2.75, 3.05) is 18.5 Å². The minimum atomic E-state index is -0.868. The fourth-order valence-electron chi connectivity index (χ4n) is 2.47. The van der Waals surface area contributed by atoms with Crippen molar-refractivity contribution in [3.63, 3.8) is 0 Å². The molecule has 0 saturated heterocycles. The van der Waals surface area contributed by atoms with Gasteiger partial charge in [0, 0.05) is 16.5 Å². The fourth-order valence-corrected chi connectivity index (χ4v) is 3.54. The Morgan fingerprint density at radius 2 is 1.83 bits per heavy atom. The molecule has 1 aromatic carbocycles. The Labute approximate surface area is 170 Å². The zero-order valence-electron chi connectivity index (χ0n) is 16.4. The largest absolute Gasteiger partial charge is 0.462 e. The Hall–Kier alpha value is -3.27. The van der Waals surface area contributed by atoms with Crippen molar-refractivity contribution in [1.82, 2.24) is 0 Å². The van der Waals surface area contributed by atoms with Gasteiger partial charge in [0.05, 0.1) is 22.7 Å². The summed E-state index contributed by atoms with van der Waals surface area (Å²) in [5.41, 5.74) is 1.12. The van der Waals surface area contributed by atoms with E-state index < -0.39 is 29.4 Å². The number of nitrogens with zero attached hydrogens (tertiary/aromatic N) is 1. The first-order valence-electron chi connectivity index (χ1n) is 8.64. The maximum absolute atomic E-state index is 12.2. The van der Waals surface area contributed by atoms with Crippen molar-refractivity contribution in [3.8, 4) is 0 Å². The van der Waals surface area contributed by atoms with Crippen LogP contribution < -0.4 is 5.32 Å². The summed E-state index contributed by atoms with van der Waals surface area (Å²) in [5.74, 6) is -2.06. The summed E-state index contributed by atoms with van der Waals surface area (Å²) >= 11 is 1.21. The molecule has 0 aliphatic heterocycles. The lowest BCUT2D eigenvalue weighted by Crippen LogP contribution is -2.22. The predicted octanol–water partition coefficient (Wildman–Crippen LogP) is 3.55. The van der Waals surface area contributed by atoms with Gasteiger partial charge in [-0.25, -0.2) is 9.59 Å². The number of benzene rings is 1. The van der Waals surface area contributed by atoms with Crippen LogP contribution in [-0.2, 0) is 14.3 Å². The number of thiophene rings is 1. The molecule has 0 radical (unpaired) electrons. The minimum absolute atomic E-state index is 0.0369. The summed E-state index contributed by atoms with van der Waals surface area (Å²) in [5, 5.41) is 13.8. The number of nitrogens with one attached hydrogen (secondary N) is 1. The molecule has 0 aliphatic rings. The van der Waals surface area contributed by atoms with Crippen LogP contribution in [0.15, 0.2) is 18.2 Å². The van der Waals surface area contributed by atoms with Crippen LogP contribution in [0.1, 0.15) is 43.6 Å². The number of ether oxygens (including phenoxy) is 2. The maximum Gasteiger partial charge on any atom is 0.341 e. The smallest absolute Gasteiger partial charge is 0.341 e. The average molecular weight is 420 g/mol. The number of carbonyl (C=O) groups excluding carboxylic acids is 3. The molecule has 0 unspecified atom stereocenters. The molecular weight excluding hydrogens is 400 g/mol. The molecule has 154 valence electrons. The molecule has 2 rings (SSSR count). The second-order valence-corrected chi connectivity index (χ2v) is 7.32. The lowest BCUT2D eigenvalue weighted by molar-refractivity contribution is -0.385. The van der Waals surface area contributed by atoms with Crippen molar-refractivity contribution in [2.45, 2.75) is 27.7 Å². The molecule has 1 amide bonds. The fraction of sp³-hybridized carbons (Fsp3) is 0.316. The molecule has 10 heteroatoms. The van der Waals surface area contributed by atoms with E-state index in [1.807, 2.05) is 6.92 Å². The molecule has 1 heterocycles. The highest BCUT2D eigenvalue weighted by Gasteiger charge is 2.23. The number of esters is 2. The van der Waals surface area contributed by atoms with Crippen LogP contribution in [0.5, 0.6) is 0 Å². The van der Waals surface area contributed by atoms with Gasteiger partial charge in [-0.15, -0.1) is 11.3 Å². The van der Waals surface area contributed by atoms with E-state index in [1.54, 1.807) is 20.8 Å². The van der Waals surface area contributed by atoms with Crippen LogP contribution in [-0.4, -0.2) is 36.0 Å². The Bertz CT molecular complexity index is 981. The highest BCUT2D eigenvalue weighted by Crippen LogP contribution is 2.33. The van der Waals surface area contributed by atoms with Gasteiger partial charge in [-0.05, 0) is 39.3 Å². The zero-order valence-corrected chi connectivity index (χ0v) is 17.2. The number of nitro benzene ring substituents is 1. The molecule has 29 heavy (non-hydrogen) atoms. The van der Waals surface area contributed by atoms with Gasteiger partial charge in [-0.1, -0.05) is 6.07 Å². The number of hydrogen-bond acceptors (Lipinski definition) is 8. The molecule has 2 aromatic rings. The third-order valence-electron chi connectivity index (χ3n) is 4.09. The maximum atomic E-state index is 12.2. The van der Waals surface area contributed by atoms with Gasteiger partial charge < -0.3 is 14.8 Å². The number of hydrogen-bond donors (Lipinski definition) is 1. The van der Waals surface area contributed by atoms with Crippen molar-refractivity contribution in [3.05, 3.63) is 55.4 Å². The van der Waals surface area contributed by atoms with Gasteiger partial charge in [0.1, 0.15) is 5.00 Å². The van der Waals surface area contributed by atoms with Crippen LogP contribution in [0.3, 0.4) is 0 Å². The van der Waals surface area contributed by atoms with E-state index >= 15 is 0 Å². The third-order valence-corrected chi connectivity index (χ3v) is 5.22. The molecule has 1 N–H and O–H groups in total. The van der Waals surface area contributed by atoms with E-state index in [-0.39, 0.29) is 23.4 Å². The summed E-state index contributed by atoms with van der Waals surface area (Å²) < 4.78 is 9.95. The standard InChI is InChI=1S/C19H20N2O7S/c1-5-27-19(24)16-11(3)12(4)29-17(16)20-15(22)9-28-18(23)13-7-6-10(2)14(8-13)21(25)26/h6-8H,5,9H2,1-4H3,(H,20,22). The number of aryl methyl sites for hydroxylation is 2. The molecule has 0 bridgehead atoms. The van der Waals surface area contributed by atoms with Gasteiger partial charge in [0.25, 0.3) is 11.6 Å². The van der Waals surface area contributed by atoms with Gasteiger partial charge in [0.2, 0.25) is 0 Å². The lowest BCUT2D eigenvalue weighted by Gasteiger charge is -2.08. The molecule has 0 fully saturated rings. The van der Waals surface area contributed by atoms with Crippen molar-refractivity contribution < 1.29 is 28.8 Å². The van der Waals surface area contributed by atoms with E-state index in [0.717, 1.165) is 10.9 Å². The SMILES string of the molecule is CCOC(=O)c1c(NC(=O)COC(=O)c2ccc(C)c([N+](=O)[O-])c2)sc(C)c1C. The monoisotopic (exact) mass is 420 g/mol. The molecule has 9 nitrogen and oxygen atoms in total. The topological polar surface area (TPSA) is 125 Å². The first-order valence-corrected chi connectivity index (χ1v) is 9.46. The number of anilines is 1. The number of carbonyl (C=O) groups is 3. The second kappa shape index (κ2) is 9.28. The lowest BCUT2D eigenvalue weighted by atomic mass is 10.1. The van der Waals surface area contributed by atoms with Crippen molar-refractivity contribution in [1.29, 1.82) is 0 Å². The summed E-state index contributed by atoms with van der Waals surface area (Å²) in [7, 11) is 0. The average Bonchev–Trinajstić information content (AvgIpc) is 2.93. The number of nitro groups is 1. The molecule has 0 saturated carbocycles. The second-order valence-electron chi connectivity index (χ2n) is 6.09. The first-order chi connectivity index (χ1) is 13.6. The Morgan fingerprint density at radius 3 is 2.45 bits per heavy atom. The number of rotatable bonds is 7. The van der Waals surface area contributed by atoms with Crippen LogP contribution in [0.2, 0.25) is 0 Å². The minimum Gasteiger partial charge on any atom is -0.462 e. The first kappa shape index (κ1) is 22.0.